The highest BCUT2D eigenvalue weighted by atomic mass is 35.5. The number of amides is 1. The van der Waals surface area contributed by atoms with Gasteiger partial charge in [0.05, 0.1) is 5.69 Å². The second-order valence-electron chi connectivity index (χ2n) is 3.86. The molecule has 0 saturated heterocycles. The van der Waals surface area contributed by atoms with Crippen molar-refractivity contribution in [2.45, 2.75) is 19.2 Å². The predicted molar refractivity (Wildman–Crippen MR) is 67.8 cm³/mol. The molecule has 6 nitrogen and oxygen atoms in total. The Morgan fingerprint density at radius 2 is 2.28 bits per heavy atom. The number of halogens is 1. The Morgan fingerprint density at radius 3 is 2.89 bits per heavy atom. The average Bonchev–Trinajstić information content (AvgIpc) is 2.85. The van der Waals surface area contributed by atoms with E-state index in [1.165, 1.54) is 11.0 Å². The van der Waals surface area contributed by atoms with Gasteiger partial charge in [-0.3, -0.25) is 4.79 Å². The lowest BCUT2D eigenvalue weighted by atomic mass is 10.1. The van der Waals surface area contributed by atoms with Gasteiger partial charge in [0.25, 0.3) is 0 Å². The molecular weight excluding hydrogens is 254 g/mol. The van der Waals surface area contributed by atoms with E-state index in [-0.39, 0.29) is 5.91 Å². The van der Waals surface area contributed by atoms with Gasteiger partial charge in [-0.2, -0.15) is 0 Å². The highest BCUT2D eigenvalue weighted by Gasteiger charge is 2.11. The fourth-order valence-electron chi connectivity index (χ4n) is 1.40. The molecule has 18 heavy (non-hydrogen) atoms. The van der Waals surface area contributed by atoms with E-state index < -0.39 is 5.38 Å². The summed E-state index contributed by atoms with van der Waals surface area (Å²) in [5.41, 5.74) is 2.40. The van der Waals surface area contributed by atoms with Gasteiger partial charge in [-0.05, 0) is 42.0 Å². The second-order valence-corrected chi connectivity index (χ2v) is 4.51. The zero-order valence-corrected chi connectivity index (χ0v) is 10.7. The average molecular weight is 266 g/mol. The van der Waals surface area contributed by atoms with Crippen LogP contribution in [0.5, 0.6) is 0 Å². The molecule has 1 heterocycles. The molecule has 0 radical (unpaired) electrons. The van der Waals surface area contributed by atoms with Crippen LogP contribution in [0.1, 0.15) is 12.5 Å². The lowest BCUT2D eigenvalue weighted by Crippen LogP contribution is -2.21. The normalized spacial score (nSPS) is 12.2. The number of rotatable bonds is 3. The molecule has 2 rings (SSSR count). The largest absolute Gasteiger partial charge is 0.324 e. The minimum absolute atomic E-state index is 0.242. The monoisotopic (exact) mass is 265 g/mol. The van der Waals surface area contributed by atoms with Crippen molar-refractivity contribution in [2.24, 2.45) is 0 Å². The molecule has 1 atom stereocenters. The lowest BCUT2D eigenvalue weighted by molar-refractivity contribution is -0.115. The SMILES string of the molecule is Cc1ccc(-n2cnnn2)cc1NC(=O)C(C)Cl. The van der Waals surface area contributed by atoms with E-state index in [9.17, 15) is 4.79 Å². The maximum absolute atomic E-state index is 11.6. The van der Waals surface area contributed by atoms with Crippen molar-refractivity contribution in [2.75, 3.05) is 5.32 Å². The van der Waals surface area contributed by atoms with Crippen LogP contribution < -0.4 is 5.32 Å². The fraction of sp³-hybridized carbons (Fsp3) is 0.273. The summed E-state index contributed by atoms with van der Waals surface area (Å²) in [6.45, 7) is 3.52. The van der Waals surface area contributed by atoms with Crippen molar-refractivity contribution >= 4 is 23.2 Å². The quantitative estimate of drug-likeness (QED) is 0.855. The fourth-order valence-corrected chi connectivity index (χ4v) is 1.45. The standard InChI is InChI=1S/C11H12ClN5O/c1-7-3-4-9(17-6-13-15-16-17)5-10(7)14-11(18)8(2)12/h3-6,8H,1-2H3,(H,14,18). The molecule has 2 aromatic rings. The molecule has 1 N–H and O–H groups in total. The van der Waals surface area contributed by atoms with Crippen molar-refractivity contribution in [1.29, 1.82) is 0 Å². The number of alkyl halides is 1. The first-order valence-corrected chi connectivity index (χ1v) is 5.80. The van der Waals surface area contributed by atoms with E-state index in [2.05, 4.69) is 20.8 Å². The number of nitrogens with one attached hydrogen (secondary N) is 1. The number of tetrazole rings is 1. The topological polar surface area (TPSA) is 72.7 Å². The van der Waals surface area contributed by atoms with Crippen LogP contribution in [0.2, 0.25) is 0 Å². The summed E-state index contributed by atoms with van der Waals surface area (Å²) in [6, 6.07) is 5.54. The van der Waals surface area contributed by atoms with Gasteiger partial charge in [0.2, 0.25) is 5.91 Å². The molecule has 0 bridgehead atoms. The summed E-state index contributed by atoms with van der Waals surface area (Å²) in [5, 5.41) is 13.1. The van der Waals surface area contributed by atoms with Gasteiger partial charge in [-0.15, -0.1) is 16.7 Å². The minimum atomic E-state index is -0.582. The third-order valence-electron chi connectivity index (χ3n) is 2.45. The molecule has 0 aliphatic heterocycles. The number of hydrogen-bond acceptors (Lipinski definition) is 4. The minimum Gasteiger partial charge on any atom is -0.324 e. The van der Waals surface area contributed by atoms with E-state index in [1.54, 1.807) is 13.0 Å². The lowest BCUT2D eigenvalue weighted by Gasteiger charge is -2.11. The number of aromatic nitrogens is 4. The smallest absolute Gasteiger partial charge is 0.242 e. The Bertz CT molecular complexity index is 553. The van der Waals surface area contributed by atoms with Gasteiger partial charge in [-0.25, -0.2) is 4.68 Å². The Hall–Kier alpha value is -1.95. The molecule has 0 fully saturated rings. The number of hydrogen-bond donors (Lipinski definition) is 1. The summed E-state index contributed by atoms with van der Waals surface area (Å²) in [7, 11) is 0. The van der Waals surface area contributed by atoms with E-state index >= 15 is 0 Å². The van der Waals surface area contributed by atoms with Crippen LogP contribution in [0, 0.1) is 6.92 Å². The highest BCUT2D eigenvalue weighted by Crippen LogP contribution is 2.19. The number of carbonyl (C=O) groups is 1. The number of anilines is 1. The first kappa shape index (κ1) is 12.5. The van der Waals surface area contributed by atoms with Crippen LogP contribution in [0.15, 0.2) is 24.5 Å². The summed E-state index contributed by atoms with van der Waals surface area (Å²) in [5.74, 6) is -0.242. The first-order chi connectivity index (χ1) is 8.58. The maximum Gasteiger partial charge on any atom is 0.242 e. The highest BCUT2D eigenvalue weighted by molar-refractivity contribution is 6.32. The van der Waals surface area contributed by atoms with Gasteiger partial charge in [0.15, 0.2) is 0 Å². The van der Waals surface area contributed by atoms with Gasteiger partial charge in [-0.1, -0.05) is 6.07 Å². The Kier molecular flexibility index (Phi) is 3.57. The summed E-state index contributed by atoms with van der Waals surface area (Å²) >= 11 is 5.72. The van der Waals surface area contributed by atoms with Gasteiger partial charge in [0, 0.05) is 5.69 Å². The molecule has 1 aromatic heterocycles. The zero-order valence-electron chi connectivity index (χ0n) is 9.96. The molecule has 0 saturated carbocycles. The molecular formula is C11H12ClN5O. The summed E-state index contributed by atoms with van der Waals surface area (Å²) < 4.78 is 1.51. The second kappa shape index (κ2) is 5.14. The zero-order chi connectivity index (χ0) is 13.1. The summed E-state index contributed by atoms with van der Waals surface area (Å²) in [4.78, 5) is 11.6. The van der Waals surface area contributed by atoms with Crippen LogP contribution in [0.4, 0.5) is 5.69 Å². The van der Waals surface area contributed by atoms with Crippen molar-refractivity contribution < 1.29 is 4.79 Å². The third-order valence-corrected chi connectivity index (χ3v) is 2.65. The molecule has 0 aliphatic carbocycles. The van der Waals surface area contributed by atoms with Crippen LogP contribution in [0.3, 0.4) is 0 Å². The molecule has 1 unspecified atom stereocenters. The Morgan fingerprint density at radius 1 is 1.50 bits per heavy atom. The number of benzene rings is 1. The maximum atomic E-state index is 11.6. The van der Waals surface area contributed by atoms with E-state index in [4.69, 9.17) is 11.6 Å². The number of nitrogens with zero attached hydrogens (tertiary/aromatic N) is 4. The molecule has 1 amide bonds. The molecule has 1 aromatic carbocycles. The van der Waals surface area contributed by atoms with E-state index in [1.807, 2.05) is 19.1 Å². The Balaban J connectivity index is 2.30. The van der Waals surface area contributed by atoms with E-state index in [0.717, 1.165) is 11.3 Å². The van der Waals surface area contributed by atoms with Gasteiger partial charge < -0.3 is 5.32 Å². The third kappa shape index (κ3) is 2.65. The van der Waals surface area contributed by atoms with Crippen molar-refractivity contribution in [3.8, 4) is 5.69 Å². The number of aryl methyl sites for hydroxylation is 1. The molecule has 94 valence electrons. The van der Waals surface area contributed by atoms with Crippen LogP contribution in [-0.2, 0) is 4.79 Å². The van der Waals surface area contributed by atoms with E-state index in [0.29, 0.717) is 5.69 Å². The number of carbonyl (C=O) groups excluding carboxylic acids is 1. The van der Waals surface area contributed by atoms with Crippen molar-refractivity contribution in [3.05, 3.63) is 30.1 Å². The van der Waals surface area contributed by atoms with Crippen molar-refractivity contribution in [3.63, 3.8) is 0 Å². The molecule has 0 aliphatic rings. The predicted octanol–water partition coefficient (Wildman–Crippen LogP) is 1.54. The van der Waals surface area contributed by atoms with Crippen LogP contribution >= 0.6 is 11.6 Å². The first-order valence-electron chi connectivity index (χ1n) is 5.37. The van der Waals surface area contributed by atoms with Crippen LogP contribution in [-0.4, -0.2) is 31.5 Å². The van der Waals surface area contributed by atoms with Gasteiger partial charge >= 0.3 is 0 Å². The summed E-state index contributed by atoms with van der Waals surface area (Å²) in [6.07, 6.45) is 1.49. The van der Waals surface area contributed by atoms with Crippen molar-refractivity contribution in [1.82, 2.24) is 20.2 Å². The molecule has 0 spiro atoms. The Labute approximate surface area is 109 Å². The van der Waals surface area contributed by atoms with Gasteiger partial charge in [0.1, 0.15) is 11.7 Å². The van der Waals surface area contributed by atoms with Crippen LogP contribution in [0.25, 0.3) is 5.69 Å². The molecule has 7 heteroatoms.